The Kier molecular flexibility index (Phi) is 6.41. The van der Waals surface area contributed by atoms with Gasteiger partial charge in [0.25, 0.3) is 0 Å². The molecule has 3 N–H and O–H groups in total. The number of aryl methyl sites for hydroxylation is 1. The summed E-state index contributed by atoms with van der Waals surface area (Å²) in [5, 5.41) is 2.94. The lowest BCUT2D eigenvalue weighted by molar-refractivity contribution is -0.120. The van der Waals surface area contributed by atoms with E-state index in [4.69, 9.17) is 5.73 Å². The van der Waals surface area contributed by atoms with Crippen molar-refractivity contribution in [3.63, 3.8) is 0 Å². The Morgan fingerprint density at radius 3 is 2.31 bits per heavy atom. The van der Waals surface area contributed by atoms with Gasteiger partial charge in [-0.05, 0) is 54.3 Å². The summed E-state index contributed by atoms with van der Waals surface area (Å²) in [5.41, 5.74) is 10.2. The summed E-state index contributed by atoms with van der Waals surface area (Å²) in [6.45, 7) is 2.69. The van der Waals surface area contributed by atoms with Crippen molar-refractivity contribution in [2.75, 3.05) is 11.9 Å². The van der Waals surface area contributed by atoms with Crippen LogP contribution in [0.15, 0.2) is 77.7 Å². The monoisotopic (exact) mass is 449 g/mol. The van der Waals surface area contributed by atoms with Gasteiger partial charge in [0, 0.05) is 25.3 Å². The first-order chi connectivity index (χ1) is 15.4. The second-order valence-electron chi connectivity index (χ2n) is 8.17. The quantitative estimate of drug-likeness (QED) is 0.624. The number of hydrogen-bond donors (Lipinski definition) is 2. The van der Waals surface area contributed by atoms with Gasteiger partial charge in [-0.2, -0.15) is 4.31 Å². The molecule has 4 rings (SSSR count). The van der Waals surface area contributed by atoms with E-state index in [1.165, 1.54) is 4.31 Å². The molecule has 3 aromatic rings. The molecule has 0 fully saturated rings. The number of amides is 1. The lowest BCUT2D eigenvalue weighted by Crippen LogP contribution is -2.38. The second kappa shape index (κ2) is 9.24. The average Bonchev–Trinajstić information content (AvgIpc) is 3.00. The Labute approximate surface area is 189 Å². The van der Waals surface area contributed by atoms with Crippen LogP contribution in [0.1, 0.15) is 22.3 Å². The summed E-state index contributed by atoms with van der Waals surface area (Å²) in [4.78, 5) is 13.4. The SMILES string of the molecule is Cc1ccc(S(=O)(=O)N2Cc3ccccc3CC(C(=O)Nc3ccc(CN)cc3)C2)cc1. The molecule has 0 spiro atoms. The first-order valence-electron chi connectivity index (χ1n) is 10.6. The van der Waals surface area contributed by atoms with Crippen molar-refractivity contribution in [3.8, 4) is 0 Å². The number of anilines is 1. The molecule has 1 aliphatic rings. The van der Waals surface area contributed by atoms with Crippen LogP contribution in [-0.2, 0) is 34.3 Å². The van der Waals surface area contributed by atoms with Crippen LogP contribution in [0.5, 0.6) is 0 Å². The molecule has 1 atom stereocenters. The number of nitrogens with two attached hydrogens (primary N) is 1. The molecule has 0 bridgehead atoms. The molecular weight excluding hydrogens is 422 g/mol. The summed E-state index contributed by atoms with van der Waals surface area (Å²) in [5.74, 6) is -0.723. The molecule has 0 aromatic heterocycles. The number of benzene rings is 3. The van der Waals surface area contributed by atoms with Gasteiger partial charge in [0.05, 0.1) is 10.8 Å². The maximum absolute atomic E-state index is 13.4. The number of nitrogens with zero attached hydrogens (tertiary/aromatic N) is 1. The zero-order chi connectivity index (χ0) is 22.7. The molecule has 3 aromatic carbocycles. The Morgan fingerprint density at radius 2 is 1.66 bits per heavy atom. The van der Waals surface area contributed by atoms with E-state index < -0.39 is 15.9 Å². The van der Waals surface area contributed by atoms with Crippen LogP contribution < -0.4 is 11.1 Å². The molecule has 0 radical (unpaired) electrons. The molecule has 0 saturated heterocycles. The molecular formula is C25H27N3O3S. The minimum atomic E-state index is -3.75. The molecule has 1 heterocycles. The summed E-state index contributed by atoms with van der Waals surface area (Å²) in [6, 6.07) is 21.9. The first-order valence-corrected chi connectivity index (χ1v) is 12.0. The highest BCUT2D eigenvalue weighted by atomic mass is 32.2. The lowest BCUT2D eigenvalue weighted by Gasteiger charge is -2.24. The van der Waals surface area contributed by atoms with E-state index in [9.17, 15) is 13.2 Å². The normalized spacial score (nSPS) is 16.8. The topological polar surface area (TPSA) is 92.5 Å². The molecule has 0 aliphatic carbocycles. The van der Waals surface area contributed by atoms with E-state index in [-0.39, 0.29) is 23.9 Å². The van der Waals surface area contributed by atoms with Gasteiger partial charge < -0.3 is 11.1 Å². The largest absolute Gasteiger partial charge is 0.326 e. The van der Waals surface area contributed by atoms with Gasteiger partial charge in [-0.15, -0.1) is 0 Å². The van der Waals surface area contributed by atoms with Crippen molar-refractivity contribution in [2.24, 2.45) is 11.7 Å². The average molecular weight is 450 g/mol. The fraction of sp³-hybridized carbons (Fsp3) is 0.240. The van der Waals surface area contributed by atoms with Crippen LogP contribution >= 0.6 is 0 Å². The van der Waals surface area contributed by atoms with Crippen LogP contribution in [0.3, 0.4) is 0 Å². The summed E-state index contributed by atoms with van der Waals surface area (Å²) < 4.78 is 28.3. The summed E-state index contributed by atoms with van der Waals surface area (Å²) in [7, 11) is -3.75. The van der Waals surface area contributed by atoms with E-state index in [0.717, 1.165) is 22.3 Å². The second-order valence-corrected chi connectivity index (χ2v) is 10.1. The first kappa shape index (κ1) is 22.2. The van der Waals surface area contributed by atoms with Crippen LogP contribution in [0, 0.1) is 12.8 Å². The minimum Gasteiger partial charge on any atom is -0.326 e. The lowest BCUT2D eigenvalue weighted by atomic mass is 9.96. The molecule has 1 unspecified atom stereocenters. The van der Waals surface area contributed by atoms with Crippen LogP contribution in [0.25, 0.3) is 0 Å². The van der Waals surface area contributed by atoms with E-state index in [0.29, 0.717) is 18.7 Å². The third-order valence-corrected chi connectivity index (χ3v) is 7.67. The van der Waals surface area contributed by atoms with Crippen molar-refractivity contribution in [1.29, 1.82) is 0 Å². The number of hydrogen-bond acceptors (Lipinski definition) is 4. The maximum atomic E-state index is 13.4. The maximum Gasteiger partial charge on any atom is 0.243 e. The Morgan fingerprint density at radius 1 is 1.00 bits per heavy atom. The molecule has 1 amide bonds. The fourth-order valence-corrected chi connectivity index (χ4v) is 5.39. The van der Waals surface area contributed by atoms with Crippen molar-refractivity contribution >= 4 is 21.6 Å². The van der Waals surface area contributed by atoms with Gasteiger partial charge in [-0.3, -0.25) is 4.79 Å². The predicted octanol–water partition coefficient (Wildman–Crippen LogP) is 3.46. The van der Waals surface area contributed by atoms with Gasteiger partial charge in [-0.1, -0.05) is 54.1 Å². The summed E-state index contributed by atoms with van der Waals surface area (Å²) >= 11 is 0. The van der Waals surface area contributed by atoms with Crippen molar-refractivity contribution in [1.82, 2.24) is 4.31 Å². The molecule has 166 valence electrons. The summed E-state index contributed by atoms with van der Waals surface area (Å²) in [6.07, 6.45) is 0.475. The molecule has 6 nitrogen and oxygen atoms in total. The number of fused-ring (bicyclic) bond motifs is 1. The molecule has 1 aliphatic heterocycles. The Balaban J connectivity index is 1.63. The Bertz CT molecular complexity index is 1210. The molecule has 7 heteroatoms. The van der Waals surface area contributed by atoms with Crippen molar-refractivity contribution < 1.29 is 13.2 Å². The van der Waals surface area contributed by atoms with E-state index in [1.54, 1.807) is 24.3 Å². The highest BCUT2D eigenvalue weighted by Crippen LogP contribution is 2.28. The number of carbonyl (C=O) groups is 1. The van der Waals surface area contributed by atoms with Gasteiger partial charge in [-0.25, -0.2) is 8.42 Å². The molecule has 0 saturated carbocycles. The number of nitrogens with one attached hydrogen (secondary N) is 1. The van der Waals surface area contributed by atoms with Gasteiger partial charge >= 0.3 is 0 Å². The van der Waals surface area contributed by atoms with Gasteiger partial charge in [0.15, 0.2) is 0 Å². The van der Waals surface area contributed by atoms with Crippen LogP contribution in [0.4, 0.5) is 5.69 Å². The Hall–Kier alpha value is -3.00. The highest BCUT2D eigenvalue weighted by Gasteiger charge is 2.33. The third-order valence-electron chi connectivity index (χ3n) is 5.84. The highest BCUT2D eigenvalue weighted by molar-refractivity contribution is 7.89. The standard InChI is InChI=1S/C25H27N3O3S/c1-18-6-12-24(13-7-18)32(30,31)28-16-21-5-3-2-4-20(21)14-22(17-28)25(29)27-23-10-8-19(15-26)9-11-23/h2-13,22H,14-17,26H2,1H3,(H,27,29). The van der Waals surface area contributed by atoms with Gasteiger partial charge in [0.1, 0.15) is 0 Å². The molecule has 32 heavy (non-hydrogen) atoms. The minimum absolute atomic E-state index is 0.109. The third kappa shape index (κ3) is 4.75. The number of carbonyl (C=O) groups excluding carboxylic acids is 1. The predicted molar refractivity (Wildman–Crippen MR) is 125 cm³/mol. The van der Waals surface area contributed by atoms with Gasteiger partial charge in [0.2, 0.25) is 15.9 Å². The number of rotatable bonds is 5. The van der Waals surface area contributed by atoms with Crippen LogP contribution in [0.2, 0.25) is 0 Å². The van der Waals surface area contributed by atoms with E-state index in [1.807, 2.05) is 55.5 Å². The smallest absolute Gasteiger partial charge is 0.243 e. The van der Waals surface area contributed by atoms with E-state index in [2.05, 4.69) is 5.32 Å². The zero-order valence-electron chi connectivity index (χ0n) is 18.0. The fourth-order valence-electron chi connectivity index (χ4n) is 3.93. The van der Waals surface area contributed by atoms with Crippen molar-refractivity contribution in [2.45, 2.75) is 31.3 Å². The zero-order valence-corrected chi connectivity index (χ0v) is 18.8. The van der Waals surface area contributed by atoms with Crippen molar-refractivity contribution in [3.05, 3.63) is 95.1 Å². The van der Waals surface area contributed by atoms with Crippen LogP contribution in [-0.4, -0.2) is 25.2 Å². The number of sulfonamides is 1. The van der Waals surface area contributed by atoms with E-state index >= 15 is 0 Å².